The number of halogens is 1. The normalized spacial score (nSPS) is 19.1. The van der Waals surface area contributed by atoms with E-state index in [-0.39, 0.29) is 11.8 Å². The number of amides is 1. The lowest BCUT2D eigenvalue weighted by atomic mass is 10.1. The number of carbonyl (C=O) groups is 1. The zero-order valence-corrected chi connectivity index (χ0v) is 10.9. The highest BCUT2D eigenvalue weighted by Crippen LogP contribution is 2.27. The van der Waals surface area contributed by atoms with Crippen molar-refractivity contribution in [3.8, 4) is 0 Å². The van der Waals surface area contributed by atoms with Crippen LogP contribution in [-0.4, -0.2) is 27.5 Å². The van der Waals surface area contributed by atoms with Gasteiger partial charge in [-0.25, -0.2) is 0 Å². The molecule has 0 radical (unpaired) electrons. The molecule has 0 saturated carbocycles. The van der Waals surface area contributed by atoms with Gasteiger partial charge in [-0.15, -0.1) is 0 Å². The molecular weight excluding hydrogens is 266 g/mol. The Hall–Kier alpha value is -1.88. The van der Waals surface area contributed by atoms with Crippen LogP contribution in [0.25, 0.3) is 0 Å². The molecule has 1 fully saturated rings. The first-order chi connectivity index (χ1) is 9.22. The molecule has 0 aliphatic carbocycles. The third kappa shape index (κ3) is 2.61. The van der Waals surface area contributed by atoms with E-state index in [1.54, 1.807) is 0 Å². The van der Waals surface area contributed by atoms with Gasteiger partial charge < -0.3 is 9.42 Å². The summed E-state index contributed by atoms with van der Waals surface area (Å²) in [6.45, 7) is 1.21. The van der Waals surface area contributed by atoms with Crippen molar-refractivity contribution in [2.24, 2.45) is 0 Å². The van der Waals surface area contributed by atoms with Gasteiger partial charge in [0, 0.05) is 30.5 Å². The third-order valence-electron chi connectivity index (χ3n) is 3.24. The number of rotatable bonds is 3. The van der Waals surface area contributed by atoms with Crippen LogP contribution in [0.5, 0.6) is 0 Å². The van der Waals surface area contributed by atoms with E-state index in [1.807, 2.05) is 29.2 Å². The number of hydrogen-bond acceptors (Lipinski definition) is 4. The second-order valence-electron chi connectivity index (χ2n) is 4.59. The summed E-state index contributed by atoms with van der Waals surface area (Å²) in [6.07, 6.45) is 1.73. The standard InChI is InChI=1S/C13H12ClN3O2/c14-11-3-1-9(2-4-11)6-17-7-10(5-12(17)18)13-15-8-19-16-13/h1-4,8,10H,5-7H2. The van der Waals surface area contributed by atoms with E-state index < -0.39 is 0 Å². The minimum absolute atomic E-state index is 0.0264. The molecule has 98 valence electrons. The SMILES string of the molecule is O=C1CC(c2ncon2)CN1Cc1ccc(Cl)cc1. The van der Waals surface area contributed by atoms with Crippen molar-refractivity contribution in [1.29, 1.82) is 0 Å². The summed E-state index contributed by atoms with van der Waals surface area (Å²) in [5.74, 6) is 0.746. The molecule has 6 heteroatoms. The molecule has 1 saturated heterocycles. The van der Waals surface area contributed by atoms with Crippen molar-refractivity contribution in [3.05, 3.63) is 47.1 Å². The molecule has 1 atom stereocenters. The molecular formula is C13H12ClN3O2. The molecule has 19 heavy (non-hydrogen) atoms. The highest BCUT2D eigenvalue weighted by atomic mass is 35.5. The second kappa shape index (κ2) is 5.01. The first kappa shape index (κ1) is 12.2. The van der Waals surface area contributed by atoms with Gasteiger partial charge in [0.25, 0.3) is 0 Å². The van der Waals surface area contributed by atoms with Gasteiger partial charge >= 0.3 is 0 Å². The number of carbonyl (C=O) groups excluding carboxylic acids is 1. The fraction of sp³-hybridized carbons (Fsp3) is 0.308. The topological polar surface area (TPSA) is 59.2 Å². The fourth-order valence-electron chi connectivity index (χ4n) is 2.27. The van der Waals surface area contributed by atoms with E-state index in [4.69, 9.17) is 16.1 Å². The van der Waals surface area contributed by atoms with Crippen molar-refractivity contribution in [2.75, 3.05) is 6.54 Å². The lowest BCUT2D eigenvalue weighted by Gasteiger charge is -2.16. The van der Waals surface area contributed by atoms with Gasteiger partial charge in [-0.1, -0.05) is 28.9 Å². The van der Waals surface area contributed by atoms with Crippen LogP contribution < -0.4 is 0 Å². The van der Waals surface area contributed by atoms with E-state index >= 15 is 0 Å². The van der Waals surface area contributed by atoms with Crippen LogP contribution in [0.15, 0.2) is 35.2 Å². The van der Waals surface area contributed by atoms with E-state index in [9.17, 15) is 4.79 Å². The molecule has 0 bridgehead atoms. The molecule has 1 amide bonds. The third-order valence-corrected chi connectivity index (χ3v) is 3.50. The van der Waals surface area contributed by atoms with Crippen molar-refractivity contribution in [2.45, 2.75) is 18.9 Å². The lowest BCUT2D eigenvalue weighted by Crippen LogP contribution is -2.24. The van der Waals surface area contributed by atoms with Crippen molar-refractivity contribution < 1.29 is 9.32 Å². The average Bonchev–Trinajstić information content (AvgIpc) is 3.03. The van der Waals surface area contributed by atoms with Crippen LogP contribution in [0.3, 0.4) is 0 Å². The first-order valence-electron chi connectivity index (χ1n) is 6.01. The predicted octanol–water partition coefficient (Wildman–Crippen LogP) is 2.24. The maximum absolute atomic E-state index is 12.0. The van der Waals surface area contributed by atoms with Gasteiger partial charge in [-0.2, -0.15) is 4.98 Å². The van der Waals surface area contributed by atoms with Crippen LogP contribution in [0.1, 0.15) is 23.7 Å². The van der Waals surface area contributed by atoms with E-state index in [0.29, 0.717) is 30.4 Å². The summed E-state index contributed by atoms with van der Waals surface area (Å²) in [4.78, 5) is 17.8. The van der Waals surface area contributed by atoms with Crippen LogP contribution in [0, 0.1) is 0 Å². The summed E-state index contributed by atoms with van der Waals surface area (Å²) in [5.41, 5.74) is 1.06. The number of aromatic nitrogens is 2. The molecule has 1 aromatic carbocycles. The molecule has 0 spiro atoms. The maximum atomic E-state index is 12.0. The van der Waals surface area contributed by atoms with Gasteiger partial charge in [0.05, 0.1) is 0 Å². The molecule has 1 unspecified atom stereocenters. The van der Waals surface area contributed by atoms with Gasteiger partial charge in [-0.3, -0.25) is 4.79 Å². The van der Waals surface area contributed by atoms with Crippen molar-refractivity contribution in [1.82, 2.24) is 15.0 Å². The highest BCUT2D eigenvalue weighted by Gasteiger charge is 2.32. The number of nitrogens with zero attached hydrogens (tertiary/aromatic N) is 3. The summed E-state index contributed by atoms with van der Waals surface area (Å²) < 4.78 is 4.72. The predicted molar refractivity (Wildman–Crippen MR) is 68.5 cm³/mol. The number of hydrogen-bond donors (Lipinski definition) is 0. The van der Waals surface area contributed by atoms with Gasteiger partial charge in [-0.05, 0) is 17.7 Å². The van der Waals surface area contributed by atoms with Gasteiger partial charge in [0.1, 0.15) is 0 Å². The Bertz CT molecular complexity index is 568. The van der Waals surface area contributed by atoms with E-state index in [1.165, 1.54) is 6.39 Å². The monoisotopic (exact) mass is 277 g/mol. The zero-order chi connectivity index (χ0) is 13.2. The summed E-state index contributed by atoms with van der Waals surface area (Å²) in [7, 11) is 0. The Kier molecular flexibility index (Phi) is 3.21. The molecule has 5 nitrogen and oxygen atoms in total. The van der Waals surface area contributed by atoms with Crippen molar-refractivity contribution >= 4 is 17.5 Å². The second-order valence-corrected chi connectivity index (χ2v) is 5.03. The minimum Gasteiger partial charge on any atom is -0.343 e. The molecule has 1 aromatic heterocycles. The highest BCUT2D eigenvalue weighted by molar-refractivity contribution is 6.30. The smallest absolute Gasteiger partial charge is 0.223 e. The molecule has 1 aliphatic heterocycles. The lowest BCUT2D eigenvalue weighted by molar-refractivity contribution is -0.128. The molecule has 2 aromatic rings. The fourth-order valence-corrected chi connectivity index (χ4v) is 2.39. The van der Waals surface area contributed by atoms with Crippen LogP contribution in [-0.2, 0) is 11.3 Å². The average molecular weight is 278 g/mol. The Morgan fingerprint density at radius 3 is 2.84 bits per heavy atom. The molecule has 0 N–H and O–H groups in total. The minimum atomic E-state index is 0.0264. The maximum Gasteiger partial charge on any atom is 0.223 e. The van der Waals surface area contributed by atoms with Gasteiger partial charge in [0.2, 0.25) is 12.3 Å². The van der Waals surface area contributed by atoms with Crippen LogP contribution in [0.4, 0.5) is 0 Å². The Morgan fingerprint density at radius 2 is 2.16 bits per heavy atom. The molecule has 1 aliphatic rings. The first-order valence-corrected chi connectivity index (χ1v) is 6.38. The zero-order valence-electron chi connectivity index (χ0n) is 10.1. The summed E-state index contributed by atoms with van der Waals surface area (Å²) in [6, 6.07) is 7.51. The summed E-state index contributed by atoms with van der Waals surface area (Å²) >= 11 is 5.84. The Morgan fingerprint density at radius 1 is 1.37 bits per heavy atom. The van der Waals surface area contributed by atoms with Crippen LogP contribution >= 0.6 is 11.6 Å². The van der Waals surface area contributed by atoms with Crippen LogP contribution in [0.2, 0.25) is 5.02 Å². The Labute approximate surface area is 115 Å². The largest absolute Gasteiger partial charge is 0.343 e. The molecule has 3 rings (SSSR count). The number of benzene rings is 1. The number of likely N-dealkylation sites (tertiary alicyclic amines) is 1. The Balaban J connectivity index is 1.69. The van der Waals surface area contributed by atoms with Gasteiger partial charge in [0.15, 0.2) is 5.82 Å². The summed E-state index contributed by atoms with van der Waals surface area (Å²) in [5, 5.41) is 4.50. The van der Waals surface area contributed by atoms with E-state index in [2.05, 4.69) is 10.1 Å². The van der Waals surface area contributed by atoms with E-state index in [0.717, 1.165) is 5.56 Å². The van der Waals surface area contributed by atoms with Crippen molar-refractivity contribution in [3.63, 3.8) is 0 Å². The molecule has 2 heterocycles. The quantitative estimate of drug-likeness (QED) is 0.863.